The van der Waals surface area contributed by atoms with Crippen LogP contribution in [-0.4, -0.2) is 29.4 Å². The first kappa shape index (κ1) is 12.5. The molecule has 1 fully saturated rings. The van der Waals surface area contributed by atoms with Crippen molar-refractivity contribution < 1.29 is 4.79 Å². The molecular formula is C12H24N2O. The summed E-state index contributed by atoms with van der Waals surface area (Å²) in [6.07, 6.45) is 4.01. The molecule has 0 spiro atoms. The average Bonchev–Trinajstić information content (AvgIpc) is 2.59. The minimum atomic E-state index is 0.296. The largest absolute Gasteiger partial charge is 0.337 e. The highest BCUT2D eigenvalue weighted by Gasteiger charge is 2.32. The van der Waals surface area contributed by atoms with Crippen LogP contribution in [0.15, 0.2) is 0 Å². The Labute approximate surface area is 93.0 Å². The third-order valence-electron chi connectivity index (χ3n) is 3.47. The standard InChI is InChI=1S/C12H24N2O/c1-4-11-6-5-10(3)14(11)12(15)7-9(2)8-13/h9-11H,4-8,13H2,1-3H3. The van der Waals surface area contributed by atoms with E-state index < -0.39 is 0 Å². The molecule has 15 heavy (non-hydrogen) atoms. The molecule has 0 aliphatic carbocycles. The third-order valence-corrected chi connectivity index (χ3v) is 3.47. The van der Waals surface area contributed by atoms with Gasteiger partial charge in [-0.2, -0.15) is 0 Å². The van der Waals surface area contributed by atoms with Crippen LogP contribution < -0.4 is 5.73 Å². The van der Waals surface area contributed by atoms with Gasteiger partial charge in [0.1, 0.15) is 0 Å². The Hall–Kier alpha value is -0.570. The molecule has 1 heterocycles. The van der Waals surface area contributed by atoms with Gasteiger partial charge in [0.05, 0.1) is 0 Å². The molecule has 3 nitrogen and oxygen atoms in total. The average molecular weight is 212 g/mol. The van der Waals surface area contributed by atoms with Crippen LogP contribution in [0.4, 0.5) is 0 Å². The lowest BCUT2D eigenvalue weighted by molar-refractivity contribution is -0.134. The Bertz CT molecular complexity index is 218. The van der Waals surface area contributed by atoms with E-state index in [9.17, 15) is 4.79 Å². The van der Waals surface area contributed by atoms with Gasteiger partial charge in [-0.3, -0.25) is 4.79 Å². The molecule has 1 amide bonds. The van der Waals surface area contributed by atoms with Gasteiger partial charge in [0.15, 0.2) is 0 Å². The molecule has 1 rings (SSSR count). The van der Waals surface area contributed by atoms with E-state index in [-0.39, 0.29) is 0 Å². The maximum Gasteiger partial charge on any atom is 0.223 e. The first-order valence-corrected chi connectivity index (χ1v) is 6.11. The highest BCUT2D eigenvalue weighted by molar-refractivity contribution is 5.77. The van der Waals surface area contributed by atoms with Crippen molar-refractivity contribution in [3.05, 3.63) is 0 Å². The summed E-state index contributed by atoms with van der Waals surface area (Å²) in [5.41, 5.74) is 5.55. The van der Waals surface area contributed by atoms with Crippen LogP contribution in [0.1, 0.15) is 46.5 Å². The number of amides is 1. The second kappa shape index (κ2) is 5.50. The van der Waals surface area contributed by atoms with Crippen molar-refractivity contribution in [1.29, 1.82) is 0 Å². The number of carbonyl (C=O) groups excluding carboxylic acids is 1. The molecule has 3 atom stereocenters. The fourth-order valence-electron chi connectivity index (χ4n) is 2.41. The summed E-state index contributed by atoms with van der Waals surface area (Å²) in [7, 11) is 0. The van der Waals surface area contributed by atoms with Crippen molar-refractivity contribution in [2.75, 3.05) is 6.54 Å². The number of nitrogens with two attached hydrogens (primary N) is 1. The van der Waals surface area contributed by atoms with Gasteiger partial charge in [0, 0.05) is 18.5 Å². The maximum absolute atomic E-state index is 12.1. The van der Waals surface area contributed by atoms with E-state index in [1.807, 2.05) is 6.92 Å². The quantitative estimate of drug-likeness (QED) is 0.772. The van der Waals surface area contributed by atoms with E-state index in [2.05, 4.69) is 18.7 Å². The molecule has 0 aromatic heterocycles. The molecule has 88 valence electrons. The van der Waals surface area contributed by atoms with Crippen LogP contribution in [0.5, 0.6) is 0 Å². The van der Waals surface area contributed by atoms with Crippen molar-refractivity contribution >= 4 is 5.91 Å². The lowest BCUT2D eigenvalue weighted by Crippen LogP contribution is -2.40. The fourth-order valence-corrected chi connectivity index (χ4v) is 2.41. The molecule has 1 aliphatic rings. The summed E-state index contributed by atoms with van der Waals surface area (Å²) in [4.78, 5) is 14.2. The van der Waals surface area contributed by atoms with Crippen molar-refractivity contribution in [3.63, 3.8) is 0 Å². The lowest BCUT2D eigenvalue weighted by Gasteiger charge is -2.29. The monoisotopic (exact) mass is 212 g/mol. The second-order valence-electron chi connectivity index (χ2n) is 4.83. The molecule has 0 aromatic carbocycles. The summed E-state index contributed by atoms with van der Waals surface area (Å²) in [5.74, 6) is 0.604. The van der Waals surface area contributed by atoms with Crippen LogP contribution >= 0.6 is 0 Å². The zero-order valence-corrected chi connectivity index (χ0v) is 10.2. The molecule has 1 aliphatic heterocycles. The molecule has 0 bridgehead atoms. The number of hydrogen-bond donors (Lipinski definition) is 1. The van der Waals surface area contributed by atoms with E-state index >= 15 is 0 Å². The van der Waals surface area contributed by atoms with Crippen LogP contribution in [0, 0.1) is 5.92 Å². The summed E-state index contributed by atoms with van der Waals surface area (Å²) >= 11 is 0. The second-order valence-corrected chi connectivity index (χ2v) is 4.83. The Morgan fingerprint density at radius 3 is 2.73 bits per heavy atom. The molecule has 3 heteroatoms. The van der Waals surface area contributed by atoms with Gasteiger partial charge < -0.3 is 10.6 Å². The number of hydrogen-bond acceptors (Lipinski definition) is 2. The van der Waals surface area contributed by atoms with E-state index in [1.54, 1.807) is 0 Å². The van der Waals surface area contributed by atoms with Gasteiger partial charge in [0.25, 0.3) is 0 Å². The minimum absolute atomic E-state index is 0.296. The third kappa shape index (κ3) is 2.94. The molecule has 0 radical (unpaired) electrons. The maximum atomic E-state index is 12.1. The van der Waals surface area contributed by atoms with Crippen LogP contribution in [0.25, 0.3) is 0 Å². The normalized spacial score (nSPS) is 28.1. The highest BCUT2D eigenvalue weighted by Crippen LogP contribution is 2.27. The molecule has 1 saturated heterocycles. The van der Waals surface area contributed by atoms with Crippen molar-refractivity contribution in [2.45, 2.75) is 58.5 Å². The van der Waals surface area contributed by atoms with Crippen LogP contribution in [0.2, 0.25) is 0 Å². The number of rotatable bonds is 4. The predicted molar refractivity (Wildman–Crippen MR) is 62.5 cm³/mol. The molecular weight excluding hydrogens is 188 g/mol. The first-order chi connectivity index (χ1) is 7.10. The molecule has 0 saturated carbocycles. The number of nitrogens with zero attached hydrogens (tertiary/aromatic N) is 1. The van der Waals surface area contributed by atoms with Gasteiger partial charge in [0.2, 0.25) is 5.91 Å². The van der Waals surface area contributed by atoms with Crippen LogP contribution in [0.3, 0.4) is 0 Å². The highest BCUT2D eigenvalue weighted by atomic mass is 16.2. The predicted octanol–water partition coefficient (Wildman–Crippen LogP) is 1.76. The van der Waals surface area contributed by atoms with E-state index in [0.29, 0.717) is 36.9 Å². The molecule has 0 aromatic rings. The van der Waals surface area contributed by atoms with E-state index in [4.69, 9.17) is 5.73 Å². The Balaban J connectivity index is 2.56. The lowest BCUT2D eigenvalue weighted by atomic mass is 10.1. The summed E-state index contributed by atoms with van der Waals surface area (Å²) < 4.78 is 0. The van der Waals surface area contributed by atoms with Gasteiger partial charge in [-0.05, 0) is 38.6 Å². The smallest absolute Gasteiger partial charge is 0.223 e. The molecule has 2 N–H and O–H groups in total. The summed E-state index contributed by atoms with van der Waals surface area (Å²) in [6, 6.07) is 0.893. The SMILES string of the molecule is CCC1CCC(C)N1C(=O)CC(C)CN. The first-order valence-electron chi connectivity index (χ1n) is 6.11. The number of likely N-dealkylation sites (tertiary alicyclic amines) is 1. The van der Waals surface area contributed by atoms with Gasteiger partial charge >= 0.3 is 0 Å². The van der Waals surface area contributed by atoms with Gasteiger partial charge in [-0.15, -0.1) is 0 Å². The van der Waals surface area contributed by atoms with E-state index in [0.717, 1.165) is 12.8 Å². The van der Waals surface area contributed by atoms with E-state index in [1.165, 1.54) is 6.42 Å². The summed E-state index contributed by atoms with van der Waals surface area (Å²) in [5, 5.41) is 0. The number of carbonyl (C=O) groups is 1. The molecule has 3 unspecified atom stereocenters. The zero-order valence-electron chi connectivity index (χ0n) is 10.2. The van der Waals surface area contributed by atoms with Crippen molar-refractivity contribution in [1.82, 2.24) is 4.90 Å². The fraction of sp³-hybridized carbons (Fsp3) is 0.917. The topological polar surface area (TPSA) is 46.3 Å². The Morgan fingerprint density at radius 1 is 1.53 bits per heavy atom. The Kier molecular flexibility index (Phi) is 4.58. The van der Waals surface area contributed by atoms with Crippen molar-refractivity contribution in [3.8, 4) is 0 Å². The Morgan fingerprint density at radius 2 is 2.20 bits per heavy atom. The van der Waals surface area contributed by atoms with Crippen molar-refractivity contribution in [2.24, 2.45) is 11.7 Å². The minimum Gasteiger partial charge on any atom is -0.337 e. The zero-order chi connectivity index (χ0) is 11.4. The van der Waals surface area contributed by atoms with Gasteiger partial charge in [-0.1, -0.05) is 13.8 Å². The van der Waals surface area contributed by atoms with Gasteiger partial charge in [-0.25, -0.2) is 0 Å². The van der Waals surface area contributed by atoms with Crippen LogP contribution in [-0.2, 0) is 4.79 Å². The summed E-state index contributed by atoms with van der Waals surface area (Å²) in [6.45, 7) is 6.96.